The van der Waals surface area contributed by atoms with Crippen molar-refractivity contribution in [2.24, 2.45) is 0 Å². The van der Waals surface area contributed by atoms with Crippen LogP contribution in [-0.4, -0.2) is 41.7 Å². The largest absolute Gasteiger partial charge is 0.396 e. The van der Waals surface area contributed by atoms with Crippen LogP contribution in [0.5, 0.6) is 0 Å². The Morgan fingerprint density at radius 1 is 1.33 bits per heavy atom. The summed E-state index contributed by atoms with van der Waals surface area (Å²) in [5.74, 6) is 0.0186. The first-order valence-corrected chi connectivity index (χ1v) is 7.97. The molecule has 0 aliphatic heterocycles. The number of benzene rings is 1. The van der Waals surface area contributed by atoms with Crippen LogP contribution in [0.3, 0.4) is 0 Å². The first-order valence-electron chi connectivity index (χ1n) is 7.59. The third kappa shape index (κ3) is 6.04. The van der Waals surface area contributed by atoms with E-state index in [0.717, 1.165) is 31.6 Å². The molecular formula is C16H23ClN2O2. The summed E-state index contributed by atoms with van der Waals surface area (Å²) in [7, 11) is 0. The number of aliphatic hydroxyl groups excluding tert-OH is 1. The summed E-state index contributed by atoms with van der Waals surface area (Å²) in [6.07, 6.45) is 4.77. The predicted octanol–water partition coefficient (Wildman–Crippen LogP) is 2.91. The second kappa shape index (κ2) is 8.37. The first kappa shape index (κ1) is 16.3. The molecule has 1 amide bonds. The van der Waals surface area contributed by atoms with Gasteiger partial charge >= 0.3 is 0 Å². The van der Waals surface area contributed by atoms with Crippen molar-refractivity contribution >= 4 is 23.2 Å². The number of halogens is 1. The second-order valence-electron chi connectivity index (χ2n) is 5.51. The number of amides is 1. The standard InChI is InChI=1S/C16H23ClN2O2/c17-13-4-3-5-14(12-13)18-16(21)8-10-19(15-6-7-15)9-1-2-11-20/h3-5,12,15,20H,1-2,6-11H2,(H,18,21). The molecule has 2 N–H and O–H groups in total. The fraction of sp³-hybridized carbons (Fsp3) is 0.562. The molecule has 1 saturated carbocycles. The Kier molecular flexibility index (Phi) is 6.49. The Labute approximate surface area is 131 Å². The van der Waals surface area contributed by atoms with Crippen LogP contribution in [0.2, 0.25) is 5.02 Å². The van der Waals surface area contributed by atoms with Crippen LogP contribution in [0.1, 0.15) is 32.1 Å². The molecule has 0 heterocycles. The molecule has 0 atom stereocenters. The highest BCUT2D eigenvalue weighted by Gasteiger charge is 2.28. The van der Waals surface area contributed by atoms with E-state index >= 15 is 0 Å². The summed E-state index contributed by atoms with van der Waals surface area (Å²) < 4.78 is 0. The monoisotopic (exact) mass is 310 g/mol. The molecule has 1 aromatic rings. The highest BCUT2D eigenvalue weighted by molar-refractivity contribution is 6.30. The van der Waals surface area contributed by atoms with Crippen LogP contribution in [0.15, 0.2) is 24.3 Å². The van der Waals surface area contributed by atoms with E-state index in [9.17, 15) is 4.79 Å². The van der Waals surface area contributed by atoms with Gasteiger partial charge in [0, 0.05) is 36.3 Å². The van der Waals surface area contributed by atoms with E-state index in [1.807, 2.05) is 12.1 Å². The van der Waals surface area contributed by atoms with Gasteiger partial charge in [0.25, 0.3) is 0 Å². The van der Waals surface area contributed by atoms with Gasteiger partial charge in [0.1, 0.15) is 0 Å². The van der Waals surface area contributed by atoms with Gasteiger partial charge in [-0.2, -0.15) is 0 Å². The highest BCUT2D eigenvalue weighted by Crippen LogP contribution is 2.27. The minimum absolute atomic E-state index is 0.0186. The zero-order chi connectivity index (χ0) is 15.1. The summed E-state index contributed by atoms with van der Waals surface area (Å²) in [6, 6.07) is 7.84. The van der Waals surface area contributed by atoms with Gasteiger partial charge < -0.3 is 10.4 Å². The van der Waals surface area contributed by atoms with Gasteiger partial charge in [-0.05, 0) is 50.4 Å². The predicted molar refractivity (Wildman–Crippen MR) is 85.6 cm³/mol. The third-order valence-corrected chi connectivity index (χ3v) is 3.89. The van der Waals surface area contributed by atoms with Gasteiger partial charge in [-0.15, -0.1) is 0 Å². The quantitative estimate of drug-likeness (QED) is 0.690. The Bertz CT molecular complexity index is 463. The van der Waals surface area contributed by atoms with Crippen molar-refractivity contribution in [2.75, 3.05) is 25.0 Å². The van der Waals surface area contributed by atoms with Gasteiger partial charge in [0.15, 0.2) is 0 Å². The molecule has 0 bridgehead atoms. The summed E-state index contributed by atoms with van der Waals surface area (Å²) in [5, 5.41) is 12.3. The fourth-order valence-corrected chi connectivity index (χ4v) is 2.57. The lowest BCUT2D eigenvalue weighted by Crippen LogP contribution is -2.31. The molecule has 0 radical (unpaired) electrons. The molecule has 0 unspecified atom stereocenters. The van der Waals surface area contributed by atoms with Gasteiger partial charge in [-0.25, -0.2) is 0 Å². The Morgan fingerprint density at radius 3 is 2.81 bits per heavy atom. The Morgan fingerprint density at radius 2 is 2.14 bits per heavy atom. The van der Waals surface area contributed by atoms with Crippen LogP contribution >= 0.6 is 11.6 Å². The number of carbonyl (C=O) groups is 1. The zero-order valence-corrected chi connectivity index (χ0v) is 13.0. The number of aliphatic hydroxyl groups is 1. The maximum atomic E-state index is 12.0. The molecule has 1 aliphatic carbocycles. The van der Waals surface area contributed by atoms with E-state index in [-0.39, 0.29) is 12.5 Å². The molecule has 0 saturated heterocycles. The number of nitrogens with zero attached hydrogens (tertiary/aromatic N) is 1. The smallest absolute Gasteiger partial charge is 0.225 e. The summed E-state index contributed by atoms with van der Waals surface area (Å²) >= 11 is 5.90. The number of carbonyl (C=O) groups excluding carboxylic acids is 1. The maximum absolute atomic E-state index is 12.0. The van der Waals surface area contributed by atoms with E-state index in [0.29, 0.717) is 17.5 Å². The molecule has 1 aromatic carbocycles. The van der Waals surface area contributed by atoms with Gasteiger partial charge in [-0.3, -0.25) is 9.69 Å². The molecule has 0 aromatic heterocycles. The molecule has 1 aliphatic rings. The van der Waals surface area contributed by atoms with Gasteiger partial charge in [0.2, 0.25) is 5.91 Å². The molecular weight excluding hydrogens is 288 g/mol. The van der Waals surface area contributed by atoms with Crippen molar-refractivity contribution in [3.8, 4) is 0 Å². The molecule has 5 heteroatoms. The van der Waals surface area contributed by atoms with E-state index < -0.39 is 0 Å². The number of unbranched alkanes of at least 4 members (excludes halogenated alkanes) is 1. The van der Waals surface area contributed by atoms with Crippen LogP contribution in [0.4, 0.5) is 5.69 Å². The second-order valence-corrected chi connectivity index (χ2v) is 5.94. The zero-order valence-electron chi connectivity index (χ0n) is 12.2. The molecule has 116 valence electrons. The minimum Gasteiger partial charge on any atom is -0.396 e. The Hall–Kier alpha value is -1.10. The van der Waals surface area contributed by atoms with Crippen molar-refractivity contribution in [3.05, 3.63) is 29.3 Å². The molecule has 21 heavy (non-hydrogen) atoms. The van der Waals surface area contributed by atoms with Crippen molar-refractivity contribution in [1.29, 1.82) is 0 Å². The fourth-order valence-electron chi connectivity index (χ4n) is 2.38. The third-order valence-electron chi connectivity index (χ3n) is 3.65. The lowest BCUT2D eigenvalue weighted by Gasteiger charge is -2.21. The van der Waals surface area contributed by atoms with Crippen molar-refractivity contribution < 1.29 is 9.90 Å². The normalized spacial score (nSPS) is 14.4. The number of hydrogen-bond donors (Lipinski definition) is 2. The number of nitrogens with one attached hydrogen (secondary N) is 1. The van der Waals surface area contributed by atoms with Crippen LogP contribution in [0.25, 0.3) is 0 Å². The summed E-state index contributed by atoms with van der Waals surface area (Å²) in [6.45, 7) is 1.99. The van der Waals surface area contributed by atoms with Crippen molar-refractivity contribution in [1.82, 2.24) is 4.90 Å². The maximum Gasteiger partial charge on any atom is 0.225 e. The van der Waals surface area contributed by atoms with Crippen LogP contribution < -0.4 is 5.32 Å². The molecule has 4 nitrogen and oxygen atoms in total. The van der Waals surface area contributed by atoms with E-state index in [1.54, 1.807) is 12.1 Å². The SMILES string of the molecule is O=C(CCN(CCCCO)C1CC1)Nc1cccc(Cl)c1. The summed E-state index contributed by atoms with van der Waals surface area (Å²) in [5.41, 5.74) is 0.741. The Balaban J connectivity index is 1.73. The molecule has 2 rings (SSSR count). The van der Waals surface area contributed by atoms with Crippen LogP contribution in [-0.2, 0) is 4.79 Å². The molecule has 0 spiro atoms. The number of hydrogen-bond acceptors (Lipinski definition) is 3. The average molecular weight is 311 g/mol. The lowest BCUT2D eigenvalue weighted by atomic mass is 10.2. The van der Waals surface area contributed by atoms with Gasteiger partial charge in [-0.1, -0.05) is 17.7 Å². The van der Waals surface area contributed by atoms with E-state index in [2.05, 4.69) is 10.2 Å². The van der Waals surface area contributed by atoms with Crippen molar-refractivity contribution in [2.45, 2.75) is 38.1 Å². The summed E-state index contributed by atoms with van der Waals surface area (Å²) in [4.78, 5) is 14.3. The number of rotatable bonds is 9. The van der Waals surface area contributed by atoms with E-state index in [1.165, 1.54) is 12.8 Å². The minimum atomic E-state index is 0.0186. The van der Waals surface area contributed by atoms with E-state index in [4.69, 9.17) is 16.7 Å². The topological polar surface area (TPSA) is 52.6 Å². The van der Waals surface area contributed by atoms with Crippen molar-refractivity contribution in [3.63, 3.8) is 0 Å². The molecule has 1 fully saturated rings. The highest BCUT2D eigenvalue weighted by atomic mass is 35.5. The average Bonchev–Trinajstić information content (AvgIpc) is 3.27. The number of anilines is 1. The van der Waals surface area contributed by atoms with Gasteiger partial charge in [0.05, 0.1) is 0 Å². The first-order chi connectivity index (χ1) is 10.2. The van der Waals surface area contributed by atoms with Crippen LogP contribution in [0, 0.1) is 0 Å². The lowest BCUT2D eigenvalue weighted by molar-refractivity contribution is -0.116.